The van der Waals surface area contributed by atoms with Crippen molar-refractivity contribution in [1.82, 2.24) is 0 Å². The Morgan fingerprint density at radius 3 is 2.53 bits per heavy atom. The molecule has 0 spiro atoms. The summed E-state index contributed by atoms with van der Waals surface area (Å²) < 4.78 is 12.6. The van der Waals surface area contributed by atoms with Crippen molar-refractivity contribution in [3.8, 4) is 0 Å². The molecule has 0 aromatic heterocycles. The smallest absolute Gasteiger partial charge is 0.0502 e. The quantitative estimate of drug-likeness (QED) is 0.851. The molecule has 1 rings (SSSR count). The molecular formula is C11H16BrNOS. The van der Waals surface area contributed by atoms with Gasteiger partial charge in [-0.15, -0.1) is 0 Å². The van der Waals surface area contributed by atoms with Crippen molar-refractivity contribution < 1.29 is 4.21 Å². The summed E-state index contributed by atoms with van der Waals surface area (Å²) in [4.78, 5) is 0. The van der Waals surface area contributed by atoms with Gasteiger partial charge in [-0.25, -0.2) is 0 Å². The van der Waals surface area contributed by atoms with Crippen molar-refractivity contribution in [3.63, 3.8) is 0 Å². The van der Waals surface area contributed by atoms with E-state index in [0.717, 1.165) is 10.0 Å². The van der Waals surface area contributed by atoms with E-state index in [9.17, 15) is 4.21 Å². The predicted molar refractivity (Wildman–Crippen MR) is 70.2 cm³/mol. The Bertz CT molecular complexity index is 385. The van der Waals surface area contributed by atoms with E-state index in [1.54, 1.807) is 0 Å². The average molecular weight is 290 g/mol. The lowest BCUT2D eigenvalue weighted by Crippen LogP contribution is -2.23. The zero-order chi connectivity index (χ0) is 11.6. The van der Waals surface area contributed by atoms with Gasteiger partial charge in [-0.3, -0.25) is 4.21 Å². The average Bonchev–Trinajstić information content (AvgIpc) is 2.11. The van der Waals surface area contributed by atoms with Crippen LogP contribution in [0.5, 0.6) is 0 Å². The highest BCUT2D eigenvalue weighted by atomic mass is 79.9. The largest absolute Gasteiger partial charge is 0.398 e. The van der Waals surface area contributed by atoms with E-state index >= 15 is 0 Å². The van der Waals surface area contributed by atoms with E-state index in [4.69, 9.17) is 5.73 Å². The molecule has 0 saturated carbocycles. The number of halogens is 1. The minimum atomic E-state index is -0.892. The van der Waals surface area contributed by atoms with Crippen LogP contribution < -0.4 is 5.73 Å². The first-order valence-corrected chi connectivity index (χ1v) is 6.85. The van der Waals surface area contributed by atoms with Crippen LogP contribution in [0, 0.1) is 0 Å². The van der Waals surface area contributed by atoms with Gasteiger partial charge in [-0.1, -0.05) is 12.1 Å². The third-order valence-corrected chi connectivity index (χ3v) is 4.98. The van der Waals surface area contributed by atoms with Crippen LogP contribution in [-0.4, -0.2) is 8.96 Å². The van der Waals surface area contributed by atoms with Gasteiger partial charge in [0, 0.05) is 25.7 Å². The summed E-state index contributed by atoms with van der Waals surface area (Å²) in [7, 11) is -0.892. The van der Waals surface area contributed by atoms with Gasteiger partial charge in [0.15, 0.2) is 0 Å². The summed E-state index contributed by atoms with van der Waals surface area (Å²) in [6.07, 6.45) is 0. The Morgan fingerprint density at radius 2 is 2.00 bits per heavy atom. The molecule has 0 amide bonds. The summed E-state index contributed by atoms with van der Waals surface area (Å²) in [5, 5.41) is 0. The van der Waals surface area contributed by atoms with E-state index < -0.39 is 10.8 Å². The molecule has 2 nitrogen and oxygen atoms in total. The normalized spacial score (nSPS) is 13.9. The standard InChI is InChI=1S/C11H16BrNOS/c1-11(2,3)15(14)7-8-5-4-6-9(13)10(8)12/h4-6H,7,13H2,1-3H3. The summed E-state index contributed by atoms with van der Waals surface area (Å²) >= 11 is 3.42. The highest BCUT2D eigenvalue weighted by Gasteiger charge is 2.20. The molecule has 0 bridgehead atoms. The van der Waals surface area contributed by atoms with E-state index in [0.29, 0.717) is 11.4 Å². The summed E-state index contributed by atoms with van der Waals surface area (Å²) in [6, 6.07) is 5.66. The van der Waals surface area contributed by atoms with Crippen molar-refractivity contribution in [2.75, 3.05) is 5.73 Å². The lowest BCUT2D eigenvalue weighted by molar-refractivity contribution is 0.648. The molecule has 0 fully saturated rings. The second-order valence-electron chi connectivity index (χ2n) is 4.42. The van der Waals surface area contributed by atoms with Crippen LogP contribution in [0.2, 0.25) is 0 Å². The summed E-state index contributed by atoms with van der Waals surface area (Å²) in [5.41, 5.74) is 7.46. The first kappa shape index (κ1) is 12.7. The molecule has 0 heterocycles. The molecule has 0 aliphatic rings. The maximum absolute atomic E-state index is 11.9. The van der Waals surface area contributed by atoms with Crippen molar-refractivity contribution in [2.24, 2.45) is 0 Å². The first-order valence-electron chi connectivity index (χ1n) is 4.73. The molecule has 1 aromatic carbocycles. The van der Waals surface area contributed by atoms with Crippen molar-refractivity contribution in [1.29, 1.82) is 0 Å². The number of nitrogens with two attached hydrogens (primary N) is 1. The number of rotatable bonds is 2. The maximum atomic E-state index is 11.9. The molecule has 15 heavy (non-hydrogen) atoms. The van der Waals surface area contributed by atoms with Gasteiger partial charge in [0.25, 0.3) is 0 Å². The van der Waals surface area contributed by atoms with E-state index in [1.165, 1.54) is 0 Å². The Kier molecular flexibility index (Phi) is 3.95. The fraction of sp³-hybridized carbons (Fsp3) is 0.455. The molecule has 1 atom stereocenters. The van der Waals surface area contributed by atoms with Crippen LogP contribution >= 0.6 is 15.9 Å². The molecule has 1 unspecified atom stereocenters. The van der Waals surface area contributed by atoms with E-state index in [2.05, 4.69) is 15.9 Å². The molecule has 0 radical (unpaired) electrons. The SMILES string of the molecule is CC(C)(C)S(=O)Cc1cccc(N)c1Br. The number of anilines is 1. The van der Waals surface area contributed by atoms with Crippen molar-refractivity contribution >= 4 is 32.4 Å². The lowest BCUT2D eigenvalue weighted by Gasteiger charge is -2.18. The third kappa shape index (κ3) is 3.31. The summed E-state index contributed by atoms with van der Waals surface area (Å²) in [6.45, 7) is 5.93. The Labute approximate surface area is 102 Å². The van der Waals surface area contributed by atoms with Crippen LogP contribution in [0.3, 0.4) is 0 Å². The number of hydrogen-bond donors (Lipinski definition) is 1. The zero-order valence-electron chi connectivity index (χ0n) is 9.21. The molecular weight excluding hydrogens is 274 g/mol. The van der Waals surface area contributed by atoms with Crippen LogP contribution in [0.1, 0.15) is 26.3 Å². The lowest BCUT2D eigenvalue weighted by atomic mass is 10.2. The van der Waals surface area contributed by atoms with Crippen LogP contribution in [0.15, 0.2) is 22.7 Å². The van der Waals surface area contributed by atoms with Gasteiger partial charge in [-0.05, 0) is 48.3 Å². The Hall–Kier alpha value is -0.350. The number of nitrogen functional groups attached to an aromatic ring is 1. The Balaban J connectivity index is 2.91. The number of benzene rings is 1. The van der Waals surface area contributed by atoms with E-state index in [1.807, 2.05) is 39.0 Å². The molecule has 2 N–H and O–H groups in total. The Morgan fingerprint density at radius 1 is 1.40 bits per heavy atom. The zero-order valence-corrected chi connectivity index (χ0v) is 11.6. The van der Waals surface area contributed by atoms with Crippen LogP contribution in [-0.2, 0) is 16.6 Å². The van der Waals surface area contributed by atoms with Crippen molar-refractivity contribution in [2.45, 2.75) is 31.3 Å². The fourth-order valence-corrected chi connectivity index (χ4v) is 2.62. The molecule has 0 aliphatic carbocycles. The number of hydrogen-bond acceptors (Lipinski definition) is 2. The summed E-state index contributed by atoms with van der Waals surface area (Å²) in [5.74, 6) is 0.537. The molecule has 84 valence electrons. The second kappa shape index (κ2) is 4.66. The molecule has 4 heteroatoms. The highest BCUT2D eigenvalue weighted by Crippen LogP contribution is 2.26. The highest BCUT2D eigenvalue weighted by molar-refractivity contribution is 9.10. The maximum Gasteiger partial charge on any atom is 0.0502 e. The van der Waals surface area contributed by atoms with Gasteiger partial charge < -0.3 is 5.73 Å². The molecule has 0 saturated heterocycles. The van der Waals surface area contributed by atoms with Gasteiger partial charge in [0.2, 0.25) is 0 Å². The predicted octanol–water partition coefficient (Wildman–Crippen LogP) is 3.08. The second-order valence-corrected chi connectivity index (χ2v) is 7.42. The monoisotopic (exact) mass is 289 g/mol. The van der Waals surface area contributed by atoms with Gasteiger partial charge >= 0.3 is 0 Å². The van der Waals surface area contributed by atoms with Crippen LogP contribution in [0.4, 0.5) is 5.69 Å². The topological polar surface area (TPSA) is 43.1 Å². The van der Waals surface area contributed by atoms with Gasteiger partial charge in [-0.2, -0.15) is 0 Å². The van der Waals surface area contributed by atoms with Gasteiger partial charge in [0.05, 0.1) is 5.75 Å². The fourth-order valence-electron chi connectivity index (χ4n) is 1.07. The van der Waals surface area contributed by atoms with Gasteiger partial charge in [0.1, 0.15) is 0 Å². The van der Waals surface area contributed by atoms with E-state index in [-0.39, 0.29) is 4.75 Å². The minimum Gasteiger partial charge on any atom is -0.398 e. The molecule has 0 aliphatic heterocycles. The van der Waals surface area contributed by atoms with Crippen LogP contribution in [0.25, 0.3) is 0 Å². The van der Waals surface area contributed by atoms with Crippen molar-refractivity contribution in [3.05, 3.63) is 28.2 Å². The molecule has 1 aromatic rings. The minimum absolute atomic E-state index is 0.190. The third-order valence-electron chi connectivity index (χ3n) is 2.08. The first-order chi connectivity index (χ1) is 6.82.